The summed E-state index contributed by atoms with van der Waals surface area (Å²) in [7, 11) is 0. The van der Waals surface area contributed by atoms with Crippen molar-refractivity contribution in [3.05, 3.63) is 54.1 Å². The molecule has 0 aliphatic carbocycles. The van der Waals surface area contributed by atoms with Crippen molar-refractivity contribution >= 4 is 27.2 Å². The van der Waals surface area contributed by atoms with Crippen molar-refractivity contribution in [3.63, 3.8) is 0 Å². The van der Waals surface area contributed by atoms with Crippen LogP contribution in [0.5, 0.6) is 0 Å². The molecular weight excluding hydrogens is 225 g/mol. The summed E-state index contributed by atoms with van der Waals surface area (Å²) >= 11 is 0. The monoisotopic (exact) mass is 235 g/mol. The zero-order valence-electron chi connectivity index (χ0n) is 9.57. The van der Waals surface area contributed by atoms with Crippen LogP contribution in [0.25, 0.3) is 21.5 Å². The highest BCUT2D eigenvalue weighted by atomic mass is 19.1. The number of halogens is 1. The molecule has 2 heteroatoms. The van der Waals surface area contributed by atoms with Crippen LogP contribution in [-0.2, 0) is 0 Å². The highest BCUT2D eigenvalue weighted by Gasteiger charge is 2.09. The van der Waals surface area contributed by atoms with Crippen LogP contribution >= 0.6 is 0 Å². The largest absolute Gasteiger partial charge is 0.397 e. The van der Waals surface area contributed by atoms with Gasteiger partial charge in [-0.15, -0.1) is 4.39 Å². The molecule has 0 fully saturated rings. The maximum absolute atomic E-state index is 12.4. The molecule has 0 aromatic heterocycles. The molecule has 18 heavy (non-hydrogen) atoms. The van der Waals surface area contributed by atoms with Gasteiger partial charge < -0.3 is 5.73 Å². The third kappa shape index (κ3) is 1.42. The molecule has 0 amide bonds. The maximum Gasteiger partial charge on any atom is 0.111 e. The maximum atomic E-state index is 12.4. The number of hydrogen-bond donors (Lipinski definition) is 1. The fourth-order valence-electron chi connectivity index (χ4n) is 2.35. The fraction of sp³-hybridized carbons (Fsp3) is 0. The van der Waals surface area contributed by atoms with E-state index in [0.717, 1.165) is 21.5 Å². The molecule has 0 aliphatic heterocycles. The summed E-state index contributed by atoms with van der Waals surface area (Å²) in [6.07, 6.45) is 1.45. The number of fused-ring (bicyclic) bond motifs is 3. The zero-order chi connectivity index (χ0) is 12.5. The van der Waals surface area contributed by atoms with E-state index >= 15 is 0 Å². The van der Waals surface area contributed by atoms with E-state index in [9.17, 15) is 4.39 Å². The number of nitrogen functional groups attached to an aromatic ring is 1. The van der Waals surface area contributed by atoms with Gasteiger partial charge in [0.15, 0.2) is 0 Å². The summed E-state index contributed by atoms with van der Waals surface area (Å²) < 4.78 is 12.4. The molecule has 86 valence electrons. The van der Waals surface area contributed by atoms with Gasteiger partial charge in [0.05, 0.1) is 11.3 Å². The minimum Gasteiger partial charge on any atom is -0.397 e. The van der Waals surface area contributed by atoms with E-state index in [2.05, 4.69) is 5.92 Å². The molecule has 3 aromatic carbocycles. The molecule has 0 saturated heterocycles. The SMILES string of the molecule is Nc1c(C#CF)c2ccccc2c2ccccc12. The number of nitrogens with two attached hydrogens (primary N) is 1. The quantitative estimate of drug-likeness (QED) is 0.357. The minimum atomic E-state index is 0.537. The Morgan fingerprint density at radius 3 is 1.89 bits per heavy atom. The summed E-state index contributed by atoms with van der Waals surface area (Å²) in [5.74, 6) is 2.47. The molecule has 0 unspecified atom stereocenters. The van der Waals surface area contributed by atoms with E-state index in [0.29, 0.717) is 11.3 Å². The highest BCUT2D eigenvalue weighted by Crippen LogP contribution is 2.33. The molecule has 0 radical (unpaired) electrons. The zero-order valence-corrected chi connectivity index (χ0v) is 9.57. The van der Waals surface area contributed by atoms with Gasteiger partial charge in [-0.1, -0.05) is 48.5 Å². The smallest absolute Gasteiger partial charge is 0.111 e. The van der Waals surface area contributed by atoms with Crippen LogP contribution in [0.4, 0.5) is 10.1 Å². The van der Waals surface area contributed by atoms with Crippen molar-refractivity contribution in [2.75, 3.05) is 5.73 Å². The third-order valence-corrected chi connectivity index (χ3v) is 3.15. The molecule has 0 bridgehead atoms. The molecular formula is C16H10FN. The van der Waals surface area contributed by atoms with E-state index in [4.69, 9.17) is 5.73 Å². The van der Waals surface area contributed by atoms with Crippen LogP contribution in [0.15, 0.2) is 48.5 Å². The van der Waals surface area contributed by atoms with E-state index < -0.39 is 0 Å². The lowest BCUT2D eigenvalue weighted by molar-refractivity contribution is 0.774. The standard InChI is InChI=1S/C16H10FN/c17-10-9-15-13-7-2-1-5-11(13)12-6-3-4-8-14(12)16(15)18/h1-8H,18H2. The second kappa shape index (κ2) is 4.05. The van der Waals surface area contributed by atoms with Crippen molar-refractivity contribution < 1.29 is 4.39 Å². The van der Waals surface area contributed by atoms with Crippen LogP contribution in [0.3, 0.4) is 0 Å². The van der Waals surface area contributed by atoms with Crippen LogP contribution < -0.4 is 5.73 Å². The summed E-state index contributed by atoms with van der Waals surface area (Å²) in [6.45, 7) is 0. The molecule has 0 spiro atoms. The van der Waals surface area contributed by atoms with Gasteiger partial charge in [0, 0.05) is 10.8 Å². The predicted molar refractivity (Wildman–Crippen MR) is 73.9 cm³/mol. The first-order valence-electron chi connectivity index (χ1n) is 5.63. The Kier molecular flexibility index (Phi) is 2.39. The Morgan fingerprint density at radius 1 is 0.778 bits per heavy atom. The van der Waals surface area contributed by atoms with Crippen LogP contribution in [-0.4, -0.2) is 0 Å². The average molecular weight is 235 g/mol. The molecule has 0 atom stereocenters. The van der Waals surface area contributed by atoms with Crippen molar-refractivity contribution in [2.24, 2.45) is 0 Å². The van der Waals surface area contributed by atoms with Gasteiger partial charge in [0.2, 0.25) is 0 Å². The number of hydrogen-bond acceptors (Lipinski definition) is 1. The average Bonchev–Trinajstić information content (AvgIpc) is 2.43. The van der Waals surface area contributed by atoms with Crippen LogP contribution in [0.1, 0.15) is 5.56 Å². The molecule has 3 rings (SSSR count). The van der Waals surface area contributed by atoms with Gasteiger partial charge in [-0.25, -0.2) is 0 Å². The predicted octanol–water partition coefficient (Wildman–Crippen LogP) is 3.85. The first-order valence-corrected chi connectivity index (χ1v) is 5.63. The number of anilines is 1. The summed E-state index contributed by atoms with van der Waals surface area (Å²) in [6, 6.07) is 15.6. The van der Waals surface area contributed by atoms with Crippen molar-refractivity contribution in [3.8, 4) is 12.1 Å². The molecule has 0 aliphatic rings. The van der Waals surface area contributed by atoms with Crippen LogP contribution in [0, 0.1) is 12.1 Å². The van der Waals surface area contributed by atoms with E-state index in [1.807, 2.05) is 48.5 Å². The van der Waals surface area contributed by atoms with Gasteiger partial charge in [-0.2, -0.15) is 0 Å². The topological polar surface area (TPSA) is 26.0 Å². The molecule has 0 saturated carbocycles. The Hall–Kier alpha value is -2.53. The molecule has 3 aromatic rings. The Labute approximate surface area is 104 Å². The highest BCUT2D eigenvalue weighted by molar-refractivity contribution is 6.15. The second-order valence-corrected chi connectivity index (χ2v) is 4.10. The third-order valence-electron chi connectivity index (χ3n) is 3.15. The lowest BCUT2D eigenvalue weighted by Crippen LogP contribution is -1.94. The van der Waals surface area contributed by atoms with E-state index in [1.165, 1.54) is 6.17 Å². The normalized spacial score (nSPS) is 10.3. The number of benzene rings is 3. The summed E-state index contributed by atoms with van der Waals surface area (Å²) in [5.41, 5.74) is 7.20. The van der Waals surface area contributed by atoms with Gasteiger partial charge in [-0.05, 0) is 16.7 Å². The molecule has 1 nitrogen and oxygen atoms in total. The van der Waals surface area contributed by atoms with Gasteiger partial charge in [0.1, 0.15) is 6.17 Å². The lowest BCUT2D eigenvalue weighted by Gasteiger charge is -2.10. The fourth-order valence-corrected chi connectivity index (χ4v) is 2.35. The Balaban J connectivity index is 2.65. The van der Waals surface area contributed by atoms with Crippen molar-refractivity contribution in [1.82, 2.24) is 0 Å². The first-order chi connectivity index (χ1) is 8.83. The Bertz CT molecular complexity index is 810. The van der Waals surface area contributed by atoms with Gasteiger partial charge in [0.25, 0.3) is 0 Å². The summed E-state index contributed by atoms with van der Waals surface area (Å²) in [5, 5.41) is 3.91. The molecule has 0 heterocycles. The number of rotatable bonds is 0. The van der Waals surface area contributed by atoms with Gasteiger partial charge >= 0.3 is 0 Å². The van der Waals surface area contributed by atoms with Crippen molar-refractivity contribution in [2.45, 2.75) is 0 Å². The summed E-state index contributed by atoms with van der Waals surface area (Å²) in [4.78, 5) is 0. The lowest BCUT2D eigenvalue weighted by atomic mass is 9.95. The van der Waals surface area contributed by atoms with Crippen LogP contribution in [0.2, 0.25) is 0 Å². The van der Waals surface area contributed by atoms with E-state index in [-0.39, 0.29) is 0 Å². The van der Waals surface area contributed by atoms with Gasteiger partial charge in [-0.3, -0.25) is 0 Å². The van der Waals surface area contributed by atoms with Crippen molar-refractivity contribution in [1.29, 1.82) is 0 Å². The minimum absolute atomic E-state index is 0.537. The van der Waals surface area contributed by atoms with E-state index in [1.54, 1.807) is 0 Å². The Morgan fingerprint density at radius 2 is 1.28 bits per heavy atom. The first kappa shape index (κ1) is 10.6. The molecule has 2 N–H and O–H groups in total. The second-order valence-electron chi connectivity index (χ2n) is 4.10.